The van der Waals surface area contributed by atoms with Gasteiger partial charge in [-0.3, -0.25) is 10.1 Å². The van der Waals surface area contributed by atoms with Crippen LogP contribution in [0.25, 0.3) is 0 Å². The van der Waals surface area contributed by atoms with Crippen LogP contribution in [0.15, 0.2) is 54.6 Å². The highest BCUT2D eigenvalue weighted by atomic mass is 19.1. The van der Waals surface area contributed by atoms with E-state index < -0.39 is 6.04 Å². The van der Waals surface area contributed by atoms with Crippen molar-refractivity contribution < 1.29 is 9.18 Å². The summed E-state index contributed by atoms with van der Waals surface area (Å²) in [4.78, 5) is 12.8. The normalized spacial score (nSPS) is 16.5. The van der Waals surface area contributed by atoms with Gasteiger partial charge in [-0.15, -0.1) is 0 Å². The second-order valence-corrected chi connectivity index (χ2v) is 7.07. The smallest absolute Gasteiger partial charge is 0.241 e. The molecule has 1 fully saturated rings. The Morgan fingerprint density at radius 2 is 1.64 bits per heavy atom. The second-order valence-electron chi connectivity index (χ2n) is 7.07. The summed E-state index contributed by atoms with van der Waals surface area (Å²) < 4.78 is 13.3. The molecular weight excluding hydrogens is 315 g/mol. The second kappa shape index (κ2) is 7.79. The molecule has 1 saturated carbocycles. The SMILES string of the molecule is CC(C)[C@H](N[C@H](C(=O)NC1CC1)c1ccccc1)c1ccc(F)cc1. The highest BCUT2D eigenvalue weighted by Crippen LogP contribution is 2.27. The molecule has 3 rings (SSSR count). The lowest BCUT2D eigenvalue weighted by molar-refractivity contribution is -0.123. The summed E-state index contributed by atoms with van der Waals surface area (Å²) in [5, 5.41) is 6.60. The Balaban J connectivity index is 1.85. The van der Waals surface area contributed by atoms with Gasteiger partial charge in [0.15, 0.2) is 0 Å². The van der Waals surface area contributed by atoms with E-state index >= 15 is 0 Å². The first kappa shape index (κ1) is 17.6. The number of amides is 1. The van der Waals surface area contributed by atoms with Crippen molar-refractivity contribution in [2.24, 2.45) is 5.92 Å². The Morgan fingerprint density at radius 3 is 2.20 bits per heavy atom. The predicted octanol–water partition coefficient (Wildman–Crippen LogP) is 4.13. The molecular formula is C21H25FN2O. The molecule has 2 atom stereocenters. The Labute approximate surface area is 148 Å². The van der Waals surface area contributed by atoms with Crippen LogP contribution < -0.4 is 10.6 Å². The molecule has 25 heavy (non-hydrogen) atoms. The van der Waals surface area contributed by atoms with E-state index in [4.69, 9.17) is 0 Å². The highest BCUT2D eigenvalue weighted by Gasteiger charge is 2.30. The zero-order chi connectivity index (χ0) is 17.8. The van der Waals surface area contributed by atoms with Crippen molar-refractivity contribution in [3.05, 3.63) is 71.5 Å². The molecule has 1 aliphatic rings. The van der Waals surface area contributed by atoms with Gasteiger partial charge in [0.1, 0.15) is 11.9 Å². The van der Waals surface area contributed by atoms with E-state index in [2.05, 4.69) is 24.5 Å². The van der Waals surface area contributed by atoms with Crippen molar-refractivity contribution in [1.82, 2.24) is 10.6 Å². The lowest BCUT2D eigenvalue weighted by Gasteiger charge is -2.28. The number of carbonyl (C=O) groups excluding carboxylic acids is 1. The van der Waals surface area contributed by atoms with Gasteiger partial charge in [-0.05, 0) is 42.0 Å². The molecule has 0 aromatic heterocycles. The molecule has 2 N–H and O–H groups in total. The first-order valence-corrected chi connectivity index (χ1v) is 8.91. The summed E-state index contributed by atoms with van der Waals surface area (Å²) in [5.41, 5.74) is 1.92. The van der Waals surface area contributed by atoms with E-state index in [9.17, 15) is 9.18 Å². The number of hydrogen-bond donors (Lipinski definition) is 2. The molecule has 0 bridgehead atoms. The summed E-state index contributed by atoms with van der Waals surface area (Å²) in [6.45, 7) is 4.20. The highest BCUT2D eigenvalue weighted by molar-refractivity contribution is 5.83. The van der Waals surface area contributed by atoms with Gasteiger partial charge in [0.2, 0.25) is 5.91 Å². The number of rotatable bonds is 7. The molecule has 0 saturated heterocycles. The van der Waals surface area contributed by atoms with Crippen LogP contribution >= 0.6 is 0 Å². The van der Waals surface area contributed by atoms with Crippen molar-refractivity contribution in [2.45, 2.75) is 44.8 Å². The fourth-order valence-electron chi connectivity index (χ4n) is 3.00. The minimum absolute atomic E-state index is 0.00135. The Morgan fingerprint density at radius 1 is 1.00 bits per heavy atom. The van der Waals surface area contributed by atoms with Crippen molar-refractivity contribution in [3.63, 3.8) is 0 Å². The number of carbonyl (C=O) groups is 1. The van der Waals surface area contributed by atoms with E-state index in [0.29, 0.717) is 6.04 Å². The molecule has 132 valence electrons. The molecule has 0 radical (unpaired) electrons. The van der Waals surface area contributed by atoms with Gasteiger partial charge in [0, 0.05) is 12.1 Å². The molecule has 0 spiro atoms. The van der Waals surface area contributed by atoms with Crippen LogP contribution in [0.2, 0.25) is 0 Å². The first-order valence-electron chi connectivity index (χ1n) is 8.91. The van der Waals surface area contributed by atoms with Gasteiger partial charge in [0.05, 0.1) is 0 Å². The Hall–Kier alpha value is -2.20. The van der Waals surface area contributed by atoms with Gasteiger partial charge >= 0.3 is 0 Å². The molecule has 2 aromatic carbocycles. The van der Waals surface area contributed by atoms with Crippen molar-refractivity contribution in [1.29, 1.82) is 0 Å². The molecule has 2 aromatic rings. The van der Waals surface area contributed by atoms with Gasteiger partial charge in [0.25, 0.3) is 0 Å². The van der Waals surface area contributed by atoms with Gasteiger partial charge in [-0.2, -0.15) is 0 Å². The molecule has 0 unspecified atom stereocenters. The molecule has 0 heterocycles. The van der Waals surface area contributed by atoms with Crippen molar-refractivity contribution >= 4 is 5.91 Å². The molecule has 1 aliphatic carbocycles. The monoisotopic (exact) mass is 340 g/mol. The number of hydrogen-bond acceptors (Lipinski definition) is 2. The minimum Gasteiger partial charge on any atom is -0.352 e. The van der Waals surface area contributed by atoms with Crippen molar-refractivity contribution in [3.8, 4) is 0 Å². The molecule has 1 amide bonds. The molecule has 3 nitrogen and oxygen atoms in total. The average Bonchev–Trinajstić information content (AvgIpc) is 3.41. The van der Waals surface area contributed by atoms with Crippen LogP contribution in [0.1, 0.15) is 49.9 Å². The van der Waals surface area contributed by atoms with Crippen LogP contribution in [0.4, 0.5) is 4.39 Å². The lowest BCUT2D eigenvalue weighted by atomic mass is 9.93. The van der Waals surface area contributed by atoms with Crippen LogP contribution in [0.5, 0.6) is 0 Å². The van der Waals surface area contributed by atoms with Crippen LogP contribution in [0.3, 0.4) is 0 Å². The standard InChI is InChI=1S/C21H25FN2O/c1-14(2)19(16-8-10-17(22)11-9-16)24-20(15-6-4-3-5-7-15)21(25)23-18-12-13-18/h3-11,14,18-20,24H,12-13H2,1-2H3,(H,23,25)/t19-,20-/m0/s1. The first-order chi connectivity index (χ1) is 12.0. The topological polar surface area (TPSA) is 41.1 Å². The summed E-state index contributed by atoms with van der Waals surface area (Å²) in [6, 6.07) is 16.1. The largest absolute Gasteiger partial charge is 0.352 e. The third-order valence-electron chi connectivity index (χ3n) is 4.56. The van der Waals surface area contributed by atoms with E-state index in [1.54, 1.807) is 12.1 Å². The quantitative estimate of drug-likeness (QED) is 0.796. The fraction of sp³-hybridized carbons (Fsp3) is 0.381. The number of halogens is 1. The zero-order valence-electron chi connectivity index (χ0n) is 14.7. The van der Waals surface area contributed by atoms with E-state index in [1.165, 1.54) is 12.1 Å². The Bertz CT molecular complexity index is 696. The zero-order valence-corrected chi connectivity index (χ0v) is 14.7. The summed E-state index contributed by atoms with van der Waals surface area (Å²) in [6.07, 6.45) is 2.11. The van der Waals surface area contributed by atoms with Gasteiger partial charge in [-0.25, -0.2) is 4.39 Å². The van der Waals surface area contributed by atoms with E-state index in [1.807, 2.05) is 30.3 Å². The lowest BCUT2D eigenvalue weighted by Crippen LogP contribution is -2.41. The average molecular weight is 340 g/mol. The fourth-order valence-corrected chi connectivity index (χ4v) is 3.00. The third kappa shape index (κ3) is 4.67. The van der Waals surface area contributed by atoms with Crippen LogP contribution in [0, 0.1) is 11.7 Å². The summed E-state index contributed by atoms with van der Waals surface area (Å²) >= 11 is 0. The van der Waals surface area contributed by atoms with Gasteiger partial charge in [-0.1, -0.05) is 56.3 Å². The number of nitrogens with one attached hydrogen (secondary N) is 2. The maximum absolute atomic E-state index is 13.3. The maximum Gasteiger partial charge on any atom is 0.241 e. The summed E-state index contributed by atoms with van der Waals surface area (Å²) in [5.74, 6) is 0.00389. The van der Waals surface area contributed by atoms with Crippen LogP contribution in [-0.4, -0.2) is 11.9 Å². The van der Waals surface area contributed by atoms with E-state index in [-0.39, 0.29) is 23.7 Å². The molecule has 0 aliphatic heterocycles. The Kier molecular flexibility index (Phi) is 5.49. The predicted molar refractivity (Wildman–Crippen MR) is 97.5 cm³/mol. The third-order valence-corrected chi connectivity index (χ3v) is 4.56. The van der Waals surface area contributed by atoms with Crippen LogP contribution in [-0.2, 0) is 4.79 Å². The number of benzene rings is 2. The van der Waals surface area contributed by atoms with Crippen molar-refractivity contribution in [2.75, 3.05) is 0 Å². The van der Waals surface area contributed by atoms with E-state index in [0.717, 1.165) is 24.0 Å². The maximum atomic E-state index is 13.3. The van der Waals surface area contributed by atoms with Gasteiger partial charge < -0.3 is 5.32 Å². The molecule has 4 heteroatoms. The minimum atomic E-state index is -0.431. The summed E-state index contributed by atoms with van der Waals surface area (Å²) in [7, 11) is 0.